The standard InChI is InChI=1S/C13H13N3O3S/c14-10-1-2-12(16(18)19)11(7-10)13(17)15-5-3-9-4-6-20-8-9/h1-2,4,6-8H,3,5,14H2,(H,15,17). The van der Waals surface area contributed by atoms with Gasteiger partial charge in [-0.3, -0.25) is 14.9 Å². The number of anilines is 1. The minimum atomic E-state index is -0.590. The largest absolute Gasteiger partial charge is 0.399 e. The molecule has 1 heterocycles. The Morgan fingerprint density at radius 1 is 1.40 bits per heavy atom. The quantitative estimate of drug-likeness (QED) is 0.501. The second-order valence-electron chi connectivity index (χ2n) is 4.17. The van der Waals surface area contributed by atoms with Gasteiger partial charge in [-0.1, -0.05) is 0 Å². The van der Waals surface area contributed by atoms with Crippen LogP contribution in [0.3, 0.4) is 0 Å². The number of carbonyl (C=O) groups is 1. The summed E-state index contributed by atoms with van der Waals surface area (Å²) in [4.78, 5) is 22.3. The average Bonchev–Trinajstić information content (AvgIpc) is 2.91. The van der Waals surface area contributed by atoms with Crippen LogP contribution in [-0.4, -0.2) is 17.4 Å². The highest BCUT2D eigenvalue weighted by Crippen LogP contribution is 2.21. The molecular weight excluding hydrogens is 278 g/mol. The molecule has 3 N–H and O–H groups in total. The molecule has 0 spiro atoms. The predicted molar refractivity (Wildman–Crippen MR) is 77.9 cm³/mol. The van der Waals surface area contributed by atoms with Crippen molar-refractivity contribution in [2.45, 2.75) is 6.42 Å². The monoisotopic (exact) mass is 291 g/mol. The molecule has 1 aromatic heterocycles. The Balaban J connectivity index is 2.05. The molecular formula is C13H13N3O3S. The first-order valence-corrected chi connectivity index (χ1v) is 6.85. The van der Waals surface area contributed by atoms with Gasteiger partial charge in [0.2, 0.25) is 0 Å². The van der Waals surface area contributed by atoms with Crippen LogP contribution in [0.25, 0.3) is 0 Å². The van der Waals surface area contributed by atoms with Crippen molar-refractivity contribution in [1.82, 2.24) is 5.32 Å². The number of nitrogens with two attached hydrogens (primary N) is 1. The van der Waals surface area contributed by atoms with Gasteiger partial charge in [0.05, 0.1) is 4.92 Å². The Morgan fingerprint density at radius 2 is 2.20 bits per heavy atom. The minimum Gasteiger partial charge on any atom is -0.399 e. The van der Waals surface area contributed by atoms with Gasteiger partial charge >= 0.3 is 0 Å². The lowest BCUT2D eigenvalue weighted by molar-refractivity contribution is -0.385. The minimum absolute atomic E-state index is 0.0136. The Kier molecular flexibility index (Phi) is 4.31. The lowest BCUT2D eigenvalue weighted by Crippen LogP contribution is -2.26. The summed E-state index contributed by atoms with van der Waals surface area (Å²) in [6.45, 7) is 0.418. The van der Waals surface area contributed by atoms with Crippen LogP contribution in [0.5, 0.6) is 0 Å². The molecule has 0 aliphatic carbocycles. The van der Waals surface area contributed by atoms with Gasteiger partial charge in [0, 0.05) is 18.3 Å². The molecule has 0 saturated heterocycles. The number of thiophene rings is 1. The zero-order valence-electron chi connectivity index (χ0n) is 10.5. The fourth-order valence-electron chi connectivity index (χ4n) is 1.75. The van der Waals surface area contributed by atoms with Gasteiger partial charge in [0.25, 0.3) is 11.6 Å². The summed E-state index contributed by atoms with van der Waals surface area (Å²) >= 11 is 1.58. The third-order valence-electron chi connectivity index (χ3n) is 2.74. The summed E-state index contributed by atoms with van der Waals surface area (Å²) in [5.74, 6) is -0.487. The molecule has 0 unspecified atom stereocenters. The van der Waals surface area contributed by atoms with Crippen LogP contribution in [0.2, 0.25) is 0 Å². The molecule has 0 atom stereocenters. The van der Waals surface area contributed by atoms with E-state index in [0.29, 0.717) is 18.7 Å². The molecule has 0 fully saturated rings. The highest BCUT2D eigenvalue weighted by molar-refractivity contribution is 7.07. The van der Waals surface area contributed by atoms with Crippen LogP contribution < -0.4 is 11.1 Å². The van der Waals surface area contributed by atoms with Crippen LogP contribution in [-0.2, 0) is 6.42 Å². The number of hydrogen-bond acceptors (Lipinski definition) is 5. The maximum absolute atomic E-state index is 12.0. The zero-order chi connectivity index (χ0) is 14.5. The molecule has 0 radical (unpaired) electrons. The molecule has 104 valence electrons. The van der Waals surface area contributed by atoms with Crippen molar-refractivity contribution in [3.05, 3.63) is 56.3 Å². The van der Waals surface area contributed by atoms with E-state index >= 15 is 0 Å². The van der Waals surface area contributed by atoms with E-state index in [2.05, 4.69) is 5.32 Å². The van der Waals surface area contributed by atoms with Crippen LogP contribution in [0, 0.1) is 10.1 Å². The van der Waals surface area contributed by atoms with Gasteiger partial charge < -0.3 is 11.1 Å². The number of benzene rings is 1. The van der Waals surface area contributed by atoms with Crippen LogP contribution in [0.15, 0.2) is 35.0 Å². The third-order valence-corrected chi connectivity index (χ3v) is 3.47. The molecule has 6 nitrogen and oxygen atoms in total. The number of nitrogen functional groups attached to an aromatic ring is 1. The summed E-state index contributed by atoms with van der Waals surface area (Å²) < 4.78 is 0. The van der Waals surface area contributed by atoms with Gasteiger partial charge in [-0.2, -0.15) is 11.3 Å². The highest BCUT2D eigenvalue weighted by Gasteiger charge is 2.19. The maximum atomic E-state index is 12.0. The molecule has 2 aromatic rings. The van der Waals surface area contributed by atoms with Crippen molar-refractivity contribution in [3.63, 3.8) is 0 Å². The number of nitrogens with one attached hydrogen (secondary N) is 1. The van der Waals surface area contributed by atoms with Gasteiger partial charge in [-0.25, -0.2) is 0 Å². The van der Waals surface area contributed by atoms with Crippen molar-refractivity contribution < 1.29 is 9.72 Å². The van der Waals surface area contributed by atoms with Gasteiger partial charge in [0.1, 0.15) is 5.56 Å². The van der Waals surface area contributed by atoms with E-state index in [4.69, 9.17) is 5.73 Å². The molecule has 0 aliphatic heterocycles. The predicted octanol–water partition coefficient (Wildman–Crippen LogP) is 2.21. The number of hydrogen-bond donors (Lipinski definition) is 2. The topological polar surface area (TPSA) is 98.3 Å². The van der Waals surface area contributed by atoms with E-state index in [0.717, 1.165) is 5.56 Å². The number of rotatable bonds is 5. The lowest BCUT2D eigenvalue weighted by Gasteiger charge is -2.06. The third kappa shape index (κ3) is 3.33. The van der Waals surface area contributed by atoms with E-state index in [1.807, 2.05) is 16.8 Å². The van der Waals surface area contributed by atoms with E-state index in [1.54, 1.807) is 11.3 Å². The molecule has 20 heavy (non-hydrogen) atoms. The van der Waals surface area contributed by atoms with Gasteiger partial charge in [-0.15, -0.1) is 0 Å². The SMILES string of the molecule is Nc1ccc([N+](=O)[O-])c(C(=O)NCCc2ccsc2)c1. The molecule has 0 saturated carbocycles. The van der Waals surface area contributed by atoms with Crippen molar-refractivity contribution >= 4 is 28.6 Å². The van der Waals surface area contributed by atoms with Crippen molar-refractivity contribution in [2.24, 2.45) is 0 Å². The van der Waals surface area contributed by atoms with Gasteiger partial charge in [0.15, 0.2) is 0 Å². The van der Waals surface area contributed by atoms with Crippen LogP contribution in [0.1, 0.15) is 15.9 Å². The summed E-state index contributed by atoms with van der Waals surface area (Å²) in [7, 11) is 0. The van der Waals surface area contributed by atoms with Crippen LogP contribution >= 0.6 is 11.3 Å². The molecule has 0 bridgehead atoms. The number of nitro benzene ring substituents is 1. The second kappa shape index (κ2) is 6.16. The highest BCUT2D eigenvalue weighted by atomic mass is 32.1. The van der Waals surface area contributed by atoms with E-state index in [-0.39, 0.29) is 11.3 Å². The van der Waals surface area contributed by atoms with Crippen molar-refractivity contribution in [1.29, 1.82) is 0 Å². The normalized spacial score (nSPS) is 10.2. The lowest BCUT2D eigenvalue weighted by atomic mass is 10.1. The summed E-state index contributed by atoms with van der Waals surface area (Å²) in [6.07, 6.45) is 0.686. The van der Waals surface area contributed by atoms with E-state index in [1.165, 1.54) is 18.2 Å². The Labute approximate surface area is 119 Å². The number of nitrogens with zero attached hydrogens (tertiary/aromatic N) is 1. The van der Waals surface area contributed by atoms with E-state index in [9.17, 15) is 14.9 Å². The molecule has 0 aliphatic rings. The summed E-state index contributed by atoms with van der Waals surface area (Å²) in [5.41, 5.74) is 6.75. The first kappa shape index (κ1) is 14.0. The number of amides is 1. The van der Waals surface area contributed by atoms with E-state index < -0.39 is 10.8 Å². The Morgan fingerprint density at radius 3 is 2.85 bits per heavy atom. The smallest absolute Gasteiger partial charge is 0.282 e. The number of nitro groups is 1. The Bertz CT molecular complexity index is 626. The fourth-order valence-corrected chi connectivity index (χ4v) is 2.45. The molecule has 1 amide bonds. The number of carbonyl (C=O) groups excluding carboxylic acids is 1. The first-order chi connectivity index (χ1) is 9.58. The first-order valence-electron chi connectivity index (χ1n) is 5.91. The molecule has 2 rings (SSSR count). The van der Waals surface area contributed by atoms with Crippen LogP contribution in [0.4, 0.5) is 11.4 Å². The van der Waals surface area contributed by atoms with Crippen molar-refractivity contribution in [2.75, 3.05) is 12.3 Å². The summed E-state index contributed by atoms with van der Waals surface area (Å²) in [5, 5.41) is 17.5. The van der Waals surface area contributed by atoms with Crippen molar-refractivity contribution in [3.8, 4) is 0 Å². The fraction of sp³-hybridized carbons (Fsp3) is 0.154. The molecule has 1 aromatic carbocycles. The zero-order valence-corrected chi connectivity index (χ0v) is 11.4. The second-order valence-corrected chi connectivity index (χ2v) is 4.95. The maximum Gasteiger partial charge on any atom is 0.282 e. The van der Waals surface area contributed by atoms with Gasteiger partial charge in [-0.05, 0) is 40.9 Å². The Hall–Kier alpha value is -2.41. The summed E-state index contributed by atoms with van der Waals surface area (Å²) in [6, 6.07) is 5.93. The molecule has 7 heteroatoms. The average molecular weight is 291 g/mol.